The molecule has 0 aliphatic carbocycles. The first kappa shape index (κ1) is 22.3. The summed E-state index contributed by atoms with van der Waals surface area (Å²) in [5, 5.41) is 18.9. The Hall–Kier alpha value is -3.36. The minimum Gasteiger partial charge on any atom is -0.769 e. The summed E-state index contributed by atoms with van der Waals surface area (Å²) in [6, 6.07) is 19.7. The summed E-state index contributed by atoms with van der Waals surface area (Å²) in [4.78, 5) is 9.34. The van der Waals surface area contributed by atoms with Gasteiger partial charge in [0.1, 0.15) is 29.4 Å². The zero-order chi connectivity index (χ0) is 22.4. The van der Waals surface area contributed by atoms with Gasteiger partial charge in [-0.3, -0.25) is 4.21 Å². The molecule has 0 heterocycles. The molecule has 0 amide bonds. The van der Waals surface area contributed by atoms with Crippen molar-refractivity contribution in [3.05, 3.63) is 89.5 Å². The van der Waals surface area contributed by atoms with E-state index in [0.29, 0.717) is 17.9 Å². The molecule has 0 saturated carbocycles. The van der Waals surface area contributed by atoms with Crippen LogP contribution in [-0.2, 0) is 22.6 Å². The third-order valence-corrected chi connectivity index (χ3v) is 5.91. The smallest absolute Gasteiger partial charge is 0.339 e. The Balaban J connectivity index is 1.83. The molecule has 0 aliphatic heterocycles. The number of hydrogen-bond acceptors (Lipinski definition) is 6. The third-order valence-electron chi connectivity index (χ3n) is 4.76. The Bertz CT molecular complexity index is 1070. The van der Waals surface area contributed by atoms with Gasteiger partial charge in [-0.2, -0.15) is 0 Å². The SMILES string of the molecule is CCC(Oc1ccc(C(=O)O)c(O)c1)(c1ccc(OCc2ccccc2)cc1)S(=O)[O-]. The van der Waals surface area contributed by atoms with Gasteiger partial charge in [0.15, 0.2) is 4.93 Å². The van der Waals surface area contributed by atoms with Crippen LogP contribution < -0.4 is 9.47 Å². The maximum atomic E-state index is 12.2. The van der Waals surface area contributed by atoms with Crippen LogP contribution in [0, 0.1) is 0 Å². The molecule has 2 unspecified atom stereocenters. The molecule has 3 rings (SSSR count). The van der Waals surface area contributed by atoms with Crippen molar-refractivity contribution >= 4 is 17.0 Å². The molecular formula is C23H21O7S-. The van der Waals surface area contributed by atoms with Crippen molar-refractivity contribution in [1.29, 1.82) is 0 Å². The molecule has 3 aromatic carbocycles. The number of aromatic hydroxyl groups is 1. The van der Waals surface area contributed by atoms with Gasteiger partial charge in [0.25, 0.3) is 0 Å². The van der Waals surface area contributed by atoms with Gasteiger partial charge in [0.2, 0.25) is 0 Å². The number of rotatable bonds is 9. The zero-order valence-corrected chi connectivity index (χ0v) is 17.5. The third kappa shape index (κ3) is 5.04. The van der Waals surface area contributed by atoms with E-state index in [2.05, 4.69) is 0 Å². The van der Waals surface area contributed by atoms with Gasteiger partial charge in [0.05, 0.1) is 0 Å². The van der Waals surface area contributed by atoms with Crippen molar-refractivity contribution in [3.63, 3.8) is 0 Å². The Morgan fingerprint density at radius 1 is 1.03 bits per heavy atom. The molecule has 0 saturated heterocycles. The van der Waals surface area contributed by atoms with Crippen LogP contribution in [0.1, 0.15) is 34.8 Å². The number of ether oxygens (including phenoxy) is 2. The molecule has 2 atom stereocenters. The van der Waals surface area contributed by atoms with Crippen molar-refractivity contribution in [2.45, 2.75) is 24.9 Å². The lowest BCUT2D eigenvalue weighted by molar-refractivity contribution is 0.0693. The molecule has 31 heavy (non-hydrogen) atoms. The fourth-order valence-electron chi connectivity index (χ4n) is 3.08. The molecule has 0 aliphatic rings. The average Bonchev–Trinajstić information content (AvgIpc) is 2.77. The number of carboxylic acids is 1. The van der Waals surface area contributed by atoms with E-state index >= 15 is 0 Å². The first-order valence-corrected chi connectivity index (χ1v) is 10.5. The van der Waals surface area contributed by atoms with Crippen LogP contribution in [0.2, 0.25) is 0 Å². The summed E-state index contributed by atoms with van der Waals surface area (Å²) < 4.78 is 35.9. The van der Waals surface area contributed by atoms with Gasteiger partial charge >= 0.3 is 5.97 Å². The summed E-state index contributed by atoms with van der Waals surface area (Å²) in [5.74, 6) is -1.23. The predicted molar refractivity (Wildman–Crippen MR) is 114 cm³/mol. The summed E-state index contributed by atoms with van der Waals surface area (Å²) in [7, 11) is 0. The highest BCUT2D eigenvalue weighted by Gasteiger charge is 2.35. The van der Waals surface area contributed by atoms with Crippen LogP contribution in [0.15, 0.2) is 72.8 Å². The summed E-state index contributed by atoms with van der Waals surface area (Å²) in [6.07, 6.45) is 0.0781. The highest BCUT2D eigenvalue weighted by Crippen LogP contribution is 2.36. The fraction of sp³-hybridized carbons (Fsp3) is 0.174. The number of aromatic carboxylic acids is 1. The molecule has 0 aromatic heterocycles. The van der Waals surface area contributed by atoms with Crippen LogP contribution in [0.5, 0.6) is 17.2 Å². The lowest BCUT2D eigenvalue weighted by Gasteiger charge is -2.36. The number of benzene rings is 3. The number of carboxylic acid groups (broad SMARTS) is 1. The number of carbonyl (C=O) groups is 1. The Morgan fingerprint density at radius 2 is 1.68 bits per heavy atom. The van der Waals surface area contributed by atoms with Crippen molar-refractivity contribution in [1.82, 2.24) is 0 Å². The lowest BCUT2D eigenvalue weighted by atomic mass is 10.1. The monoisotopic (exact) mass is 441 g/mol. The Labute approximate surface area is 182 Å². The molecule has 3 aromatic rings. The second-order valence-corrected chi connectivity index (χ2v) is 7.85. The average molecular weight is 441 g/mol. The minimum absolute atomic E-state index is 0.0259. The quantitative estimate of drug-likeness (QED) is 0.478. The van der Waals surface area contributed by atoms with Crippen molar-refractivity contribution in [2.75, 3.05) is 0 Å². The van der Waals surface area contributed by atoms with Gasteiger partial charge in [-0.25, -0.2) is 4.79 Å². The maximum Gasteiger partial charge on any atom is 0.339 e. The highest BCUT2D eigenvalue weighted by atomic mass is 32.2. The van der Waals surface area contributed by atoms with E-state index < -0.39 is 27.7 Å². The van der Waals surface area contributed by atoms with Crippen LogP contribution in [0.4, 0.5) is 0 Å². The normalized spacial score (nSPS) is 13.7. The molecule has 0 radical (unpaired) electrons. The van der Waals surface area contributed by atoms with E-state index in [1.807, 2.05) is 30.3 Å². The topological polar surface area (TPSA) is 116 Å². The van der Waals surface area contributed by atoms with Crippen LogP contribution in [0.3, 0.4) is 0 Å². The van der Waals surface area contributed by atoms with Crippen molar-refractivity contribution < 1.29 is 33.2 Å². The zero-order valence-electron chi connectivity index (χ0n) is 16.7. The van der Waals surface area contributed by atoms with Gasteiger partial charge < -0.3 is 24.2 Å². The standard InChI is InChI=1S/C23H22O7S/c1-2-23(31(27)28,30-19-12-13-20(22(25)26)21(24)14-19)17-8-10-18(11-9-17)29-15-16-6-4-3-5-7-16/h3-14,24H,2,15H2,1H3,(H,25,26)(H,27,28)/p-1. The first-order valence-electron chi connectivity index (χ1n) is 9.47. The summed E-state index contributed by atoms with van der Waals surface area (Å²) in [6.45, 7) is 2.03. The predicted octanol–water partition coefficient (Wildman–Crippen LogP) is 4.19. The van der Waals surface area contributed by atoms with Gasteiger partial charge in [-0.1, -0.05) is 49.4 Å². The highest BCUT2D eigenvalue weighted by molar-refractivity contribution is 7.80. The molecular weight excluding hydrogens is 420 g/mol. The lowest BCUT2D eigenvalue weighted by Crippen LogP contribution is -2.37. The van der Waals surface area contributed by atoms with Crippen LogP contribution in [-0.4, -0.2) is 24.9 Å². The van der Waals surface area contributed by atoms with Crippen molar-refractivity contribution in [3.8, 4) is 17.2 Å². The molecule has 8 heteroatoms. The van der Waals surface area contributed by atoms with Gasteiger partial charge in [-0.15, -0.1) is 0 Å². The molecule has 7 nitrogen and oxygen atoms in total. The van der Waals surface area contributed by atoms with E-state index in [1.54, 1.807) is 31.2 Å². The largest absolute Gasteiger partial charge is 0.769 e. The summed E-state index contributed by atoms with van der Waals surface area (Å²) >= 11 is -2.69. The Kier molecular flexibility index (Phi) is 6.94. The fourth-order valence-corrected chi connectivity index (χ4v) is 3.80. The molecule has 162 valence electrons. The second kappa shape index (κ2) is 9.63. The molecule has 0 spiro atoms. The van der Waals surface area contributed by atoms with E-state index in [-0.39, 0.29) is 17.7 Å². The van der Waals surface area contributed by atoms with Crippen LogP contribution >= 0.6 is 0 Å². The van der Waals surface area contributed by atoms with Gasteiger partial charge in [-0.05, 0) is 47.3 Å². The Morgan fingerprint density at radius 3 is 2.23 bits per heavy atom. The van der Waals surface area contributed by atoms with E-state index in [0.717, 1.165) is 17.7 Å². The van der Waals surface area contributed by atoms with Gasteiger partial charge in [0, 0.05) is 11.6 Å². The van der Waals surface area contributed by atoms with E-state index in [4.69, 9.17) is 14.6 Å². The minimum atomic E-state index is -2.69. The summed E-state index contributed by atoms with van der Waals surface area (Å²) in [5.41, 5.74) is 1.07. The van der Waals surface area contributed by atoms with E-state index in [1.165, 1.54) is 6.07 Å². The number of hydrogen-bond donors (Lipinski definition) is 2. The molecule has 2 N–H and O–H groups in total. The maximum absolute atomic E-state index is 12.2. The molecule has 0 fully saturated rings. The first-order chi connectivity index (χ1) is 14.9. The van der Waals surface area contributed by atoms with Crippen molar-refractivity contribution in [2.24, 2.45) is 0 Å². The van der Waals surface area contributed by atoms with E-state index in [9.17, 15) is 18.7 Å². The molecule has 0 bridgehead atoms. The number of phenols is 1. The van der Waals surface area contributed by atoms with Crippen LogP contribution in [0.25, 0.3) is 0 Å². The second-order valence-electron chi connectivity index (χ2n) is 6.73.